The zero-order valence-corrected chi connectivity index (χ0v) is 14.3. The number of nitrogens with two attached hydrogens (primary N) is 1. The van der Waals surface area contributed by atoms with Crippen molar-refractivity contribution in [3.05, 3.63) is 62.3 Å². The van der Waals surface area contributed by atoms with E-state index in [1.807, 2.05) is 12.1 Å². The third kappa shape index (κ3) is 2.84. The minimum Gasteiger partial charge on any atom is -0.497 e. The molecule has 0 saturated heterocycles. The molecule has 0 radical (unpaired) electrons. The van der Waals surface area contributed by atoms with Crippen LogP contribution in [0.2, 0.25) is 0 Å². The van der Waals surface area contributed by atoms with Gasteiger partial charge in [0.25, 0.3) is 0 Å². The highest BCUT2D eigenvalue weighted by atomic mass is 79.9. The molecule has 1 atom stereocenters. The van der Waals surface area contributed by atoms with Gasteiger partial charge in [0, 0.05) is 4.88 Å². The van der Waals surface area contributed by atoms with Gasteiger partial charge in [0.15, 0.2) is 0 Å². The molecular formula is C17H16BrNOS. The molecule has 4 heteroatoms. The second-order valence-electron chi connectivity index (χ2n) is 5.06. The lowest BCUT2D eigenvalue weighted by molar-refractivity contribution is 0.415. The van der Waals surface area contributed by atoms with Gasteiger partial charge in [0.2, 0.25) is 0 Å². The Kier molecular flexibility index (Phi) is 4.02. The quantitative estimate of drug-likeness (QED) is 0.709. The van der Waals surface area contributed by atoms with Crippen molar-refractivity contribution in [3.63, 3.8) is 0 Å². The predicted octanol–water partition coefficient (Wildman–Crippen LogP) is 5.03. The van der Waals surface area contributed by atoms with Crippen LogP contribution in [-0.2, 0) is 0 Å². The number of thiophene rings is 1. The summed E-state index contributed by atoms with van der Waals surface area (Å²) in [5, 5.41) is 2.34. The number of fused-ring (bicyclic) bond motifs is 1. The molecule has 0 aliphatic heterocycles. The van der Waals surface area contributed by atoms with Crippen LogP contribution in [0.4, 0.5) is 0 Å². The third-order valence-electron chi connectivity index (χ3n) is 3.61. The lowest BCUT2D eigenvalue weighted by Gasteiger charge is -2.11. The maximum atomic E-state index is 6.41. The minimum atomic E-state index is -0.0912. The standard InChI is InChI=1S/C17H16BrNOS/c1-10-7-15(21-17(10)18)16(19)13-4-3-12-9-14(20-2)6-5-11(12)8-13/h3-9,16H,19H2,1-2H3. The van der Waals surface area contributed by atoms with Crippen LogP contribution >= 0.6 is 27.3 Å². The first-order valence-electron chi connectivity index (χ1n) is 6.67. The highest BCUT2D eigenvalue weighted by Gasteiger charge is 2.13. The van der Waals surface area contributed by atoms with Gasteiger partial charge in [-0.1, -0.05) is 18.2 Å². The molecule has 0 amide bonds. The molecule has 1 aromatic heterocycles. The summed E-state index contributed by atoms with van der Waals surface area (Å²) in [6.45, 7) is 2.09. The van der Waals surface area contributed by atoms with E-state index in [1.54, 1.807) is 18.4 Å². The van der Waals surface area contributed by atoms with Gasteiger partial charge in [0.1, 0.15) is 5.75 Å². The average molecular weight is 362 g/mol. The average Bonchev–Trinajstić information content (AvgIpc) is 2.85. The summed E-state index contributed by atoms with van der Waals surface area (Å²) >= 11 is 5.26. The fraction of sp³-hybridized carbons (Fsp3) is 0.176. The summed E-state index contributed by atoms with van der Waals surface area (Å²) in [5.74, 6) is 0.873. The van der Waals surface area contributed by atoms with Gasteiger partial charge in [-0.15, -0.1) is 11.3 Å². The lowest BCUT2D eigenvalue weighted by Crippen LogP contribution is -2.09. The second-order valence-corrected chi connectivity index (χ2v) is 7.46. The maximum Gasteiger partial charge on any atom is 0.119 e. The van der Waals surface area contributed by atoms with Crippen molar-refractivity contribution in [2.75, 3.05) is 7.11 Å². The van der Waals surface area contributed by atoms with E-state index >= 15 is 0 Å². The van der Waals surface area contributed by atoms with Crippen molar-refractivity contribution >= 4 is 38.0 Å². The van der Waals surface area contributed by atoms with Crippen molar-refractivity contribution < 1.29 is 4.74 Å². The number of halogens is 1. The molecule has 2 nitrogen and oxygen atoms in total. The van der Waals surface area contributed by atoms with Crippen molar-refractivity contribution in [2.45, 2.75) is 13.0 Å². The van der Waals surface area contributed by atoms with Gasteiger partial charge < -0.3 is 10.5 Å². The maximum absolute atomic E-state index is 6.41. The number of methoxy groups -OCH3 is 1. The van der Waals surface area contributed by atoms with Crippen molar-refractivity contribution in [2.24, 2.45) is 5.73 Å². The Morgan fingerprint density at radius 3 is 2.48 bits per heavy atom. The van der Waals surface area contributed by atoms with Crippen molar-refractivity contribution in [1.29, 1.82) is 0 Å². The molecule has 0 aliphatic carbocycles. The van der Waals surface area contributed by atoms with Crippen molar-refractivity contribution in [1.82, 2.24) is 0 Å². The molecule has 0 bridgehead atoms. The topological polar surface area (TPSA) is 35.2 Å². The molecule has 3 aromatic rings. The van der Waals surface area contributed by atoms with Gasteiger partial charge in [0.05, 0.1) is 16.9 Å². The van der Waals surface area contributed by atoms with Crippen LogP contribution in [0, 0.1) is 6.92 Å². The summed E-state index contributed by atoms with van der Waals surface area (Å²) in [6.07, 6.45) is 0. The van der Waals surface area contributed by atoms with E-state index in [4.69, 9.17) is 10.5 Å². The van der Waals surface area contributed by atoms with E-state index in [-0.39, 0.29) is 6.04 Å². The summed E-state index contributed by atoms with van der Waals surface area (Å²) in [5.41, 5.74) is 8.77. The van der Waals surface area contributed by atoms with Crippen LogP contribution in [0.1, 0.15) is 22.0 Å². The molecule has 21 heavy (non-hydrogen) atoms. The molecule has 0 spiro atoms. The SMILES string of the molecule is COc1ccc2cc(C(N)c3cc(C)c(Br)s3)ccc2c1. The smallest absolute Gasteiger partial charge is 0.119 e. The largest absolute Gasteiger partial charge is 0.497 e. The number of rotatable bonds is 3. The van der Waals surface area contributed by atoms with Gasteiger partial charge in [-0.2, -0.15) is 0 Å². The van der Waals surface area contributed by atoms with Crippen LogP contribution in [0.15, 0.2) is 46.3 Å². The Hall–Kier alpha value is -1.36. The third-order valence-corrected chi connectivity index (χ3v) is 5.83. The van der Waals surface area contributed by atoms with Gasteiger partial charge >= 0.3 is 0 Å². The first kappa shape index (κ1) is 14.6. The van der Waals surface area contributed by atoms with E-state index < -0.39 is 0 Å². The summed E-state index contributed by atoms with van der Waals surface area (Å²) in [6, 6.07) is 14.5. The summed E-state index contributed by atoms with van der Waals surface area (Å²) < 4.78 is 6.41. The summed E-state index contributed by atoms with van der Waals surface area (Å²) in [7, 11) is 1.68. The monoisotopic (exact) mass is 361 g/mol. The summed E-state index contributed by atoms with van der Waals surface area (Å²) in [4.78, 5) is 1.17. The number of hydrogen-bond acceptors (Lipinski definition) is 3. The van der Waals surface area contributed by atoms with E-state index in [0.29, 0.717) is 0 Å². The molecule has 2 N–H and O–H groups in total. The van der Waals surface area contributed by atoms with E-state index in [2.05, 4.69) is 53.2 Å². The van der Waals surface area contributed by atoms with Crippen molar-refractivity contribution in [3.8, 4) is 5.75 Å². The molecule has 1 unspecified atom stereocenters. The fourth-order valence-corrected chi connectivity index (χ4v) is 3.96. The number of aryl methyl sites for hydroxylation is 1. The normalized spacial score (nSPS) is 12.6. The van der Waals surface area contributed by atoms with E-state index in [1.165, 1.54) is 15.8 Å². The number of benzene rings is 2. The van der Waals surface area contributed by atoms with Crippen LogP contribution in [0.5, 0.6) is 5.75 Å². The molecule has 3 rings (SSSR count). The molecule has 1 heterocycles. The molecule has 0 saturated carbocycles. The molecular weight excluding hydrogens is 346 g/mol. The Morgan fingerprint density at radius 1 is 1.10 bits per heavy atom. The highest BCUT2D eigenvalue weighted by Crippen LogP contribution is 2.34. The highest BCUT2D eigenvalue weighted by molar-refractivity contribution is 9.11. The molecule has 0 aliphatic rings. The minimum absolute atomic E-state index is 0.0912. The van der Waals surface area contributed by atoms with Gasteiger partial charge in [-0.25, -0.2) is 0 Å². The van der Waals surface area contributed by atoms with Crippen LogP contribution < -0.4 is 10.5 Å². The predicted molar refractivity (Wildman–Crippen MR) is 93.3 cm³/mol. The van der Waals surface area contributed by atoms with Gasteiger partial charge in [-0.05, 0) is 69.0 Å². The first-order valence-corrected chi connectivity index (χ1v) is 8.28. The van der Waals surface area contributed by atoms with Crippen LogP contribution in [0.25, 0.3) is 10.8 Å². The zero-order valence-electron chi connectivity index (χ0n) is 11.9. The Morgan fingerprint density at radius 2 is 1.81 bits per heavy atom. The fourth-order valence-electron chi connectivity index (χ4n) is 2.36. The molecule has 2 aromatic carbocycles. The Bertz CT molecular complexity index is 777. The van der Waals surface area contributed by atoms with E-state index in [0.717, 1.165) is 20.5 Å². The zero-order chi connectivity index (χ0) is 15.0. The van der Waals surface area contributed by atoms with E-state index in [9.17, 15) is 0 Å². The number of ether oxygens (including phenoxy) is 1. The molecule has 0 fully saturated rings. The molecule has 108 valence electrons. The second kappa shape index (κ2) is 5.79. The Labute approximate surface area is 136 Å². The first-order chi connectivity index (χ1) is 10.1. The number of hydrogen-bond donors (Lipinski definition) is 1. The van der Waals surface area contributed by atoms with Crippen LogP contribution in [-0.4, -0.2) is 7.11 Å². The lowest BCUT2D eigenvalue weighted by atomic mass is 10.0. The Balaban J connectivity index is 2.00. The van der Waals surface area contributed by atoms with Gasteiger partial charge in [-0.3, -0.25) is 0 Å². The van der Waals surface area contributed by atoms with Crippen LogP contribution in [0.3, 0.4) is 0 Å².